The van der Waals surface area contributed by atoms with Crippen LogP contribution in [0.4, 0.5) is 0 Å². The van der Waals surface area contributed by atoms with Crippen molar-refractivity contribution in [2.45, 2.75) is 0 Å². The van der Waals surface area contributed by atoms with Gasteiger partial charge in [-0.25, -0.2) is 24.9 Å². The van der Waals surface area contributed by atoms with E-state index in [1.165, 1.54) is 24.9 Å². The number of rotatable bonds is 5. The average Bonchev–Trinajstić information content (AvgIpc) is 3.98. The van der Waals surface area contributed by atoms with Gasteiger partial charge >= 0.3 is 0 Å². The number of aromatic nitrogens is 5. The van der Waals surface area contributed by atoms with E-state index in [9.17, 15) is 0 Å². The molecule has 7 aromatic carbocycles. The van der Waals surface area contributed by atoms with Gasteiger partial charge in [0.05, 0.1) is 15.9 Å². The van der Waals surface area contributed by atoms with Crippen molar-refractivity contribution in [3.05, 3.63) is 164 Å². The Morgan fingerprint density at radius 3 is 1.74 bits per heavy atom. The van der Waals surface area contributed by atoms with Gasteiger partial charge in [-0.15, -0.1) is 22.7 Å². The van der Waals surface area contributed by atoms with E-state index in [1.807, 2.05) is 90.2 Å². The molecule has 5 heterocycles. The Labute approximate surface area is 333 Å². The van der Waals surface area contributed by atoms with Gasteiger partial charge < -0.3 is 4.42 Å². The van der Waals surface area contributed by atoms with Crippen LogP contribution >= 0.6 is 22.7 Å². The maximum absolute atomic E-state index is 6.51. The van der Waals surface area contributed by atoms with Crippen LogP contribution in [0.15, 0.2) is 168 Å². The monoisotopic (exact) mass is 765 g/mol. The molecule has 12 rings (SSSR count). The molecule has 0 spiro atoms. The van der Waals surface area contributed by atoms with Crippen LogP contribution in [0, 0.1) is 0 Å². The second kappa shape index (κ2) is 12.7. The average molecular weight is 766 g/mol. The smallest absolute Gasteiger partial charge is 0.164 e. The molecule has 0 atom stereocenters. The Morgan fingerprint density at radius 1 is 0.368 bits per heavy atom. The first-order chi connectivity index (χ1) is 28.2. The molecule has 266 valence electrons. The molecule has 8 heteroatoms. The molecular formula is C49H27N5OS2. The number of benzene rings is 7. The second-order valence-corrected chi connectivity index (χ2v) is 16.1. The summed E-state index contributed by atoms with van der Waals surface area (Å²) in [6, 6.07) is 56.1. The van der Waals surface area contributed by atoms with Crippen molar-refractivity contribution in [1.29, 1.82) is 0 Å². The SMILES string of the molecule is c1ccc(-c2nc(-c3ccccc3)nc(-c3cccc4oc5ccc(-c6nc(-c7cccc8c7sc7ccccc78)c7sc8ccccc8c7n6)cc5c34)n2)cc1. The van der Waals surface area contributed by atoms with Gasteiger partial charge in [-0.3, -0.25) is 0 Å². The highest BCUT2D eigenvalue weighted by Gasteiger charge is 2.22. The Kier molecular flexibility index (Phi) is 7.17. The fourth-order valence-electron chi connectivity index (χ4n) is 7.92. The minimum atomic E-state index is 0.572. The minimum Gasteiger partial charge on any atom is -0.456 e. The number of hydrogen-bond donors (Lipinski definition) is 0. The molecular weight excluding hydrogens is 739 g/mol. The predicted octanol–water partition coefficient (Wildman–Crippen LogP) is 13.6. The summed E-state index contributed by atoms with van der Waals surface area (Å²) < 4.78 is 11.3. The lowest BCUT2D eigenvalue weighted by molar-refractivity contribution is 0.669. The van der Waals surface area contributed by atoms with Crippen molar-refractivity contribution < 1.29 is 4.42 Å². The third-order valence-corrected chi connectivity index (χ3v) is 13.0. The zero-order chi connectivity index (χ0) is 37.5. The van der Waals surface area contributed by atoms with Crippen LogP contribution in [0.2, 0.25) is 0 Å². The summed E-state index contributed by atoms with van der Waals surface area (Å²) in [6.07, 6.45) is 0. The van der Waals surface area contributed by atoms with E-state index in [2.05, 4.69) is 84.9 Å². The summed E-state index contributed by atoms with van der Waals surface area (Å²) in [5, 5.41) is 5.50. The summed E-state index contributed by atoms with van der Waals surface area (Å²) in [6.45, 7) is 0. The van der Waals surface area contributed by atoms with Crippen LogP contribution in [-0.4, -0.2) is 24.9 Å². The third kappa shape index (κ3) is 5.19. The first-order valence-electron chi connectivity index (χ1n) is 18.7. The van der Waals surface area contributed by atoms with E-state index < -0.39 is 0 Å². The molecule has 0 aliphatic heterocycles. The molecule has 0 aliphatic carbocycles. The molecule has 0 bridgehead atoms. The molecule has 5 aromatic heterocycles. The highest BCUT2D eigenvalue weighted by Crippen LogP contribution is 2.45. The van der Waals surface area contributed by atoms with Gasteiger partial charge in [0.2, 0.25) is 0 Å². The predicted molar refractivity (Wildman–Crippen MR) is 236 cm³/mol. The zero-order valence-corrected chi connectivity index (χ0v) is 31.7. The van der Waals surface area contributed by atoms with Gasteiger partial charge in [0, 0.05) is 68.8 Å². The van der Waals surface area contributed by atoms with Crippen molar-refractivity contribution in [2.24, 2.45) is 0 Å². The lowest BCUT2D eigenvalue weighted by Gasteiger charge is -2.10. The summed E-state index contributed by atoms with van der Waals surface area (Å²) in [5.74, 6) is 2.44. The van der Waals surface area contributed by atoms with Crippen molar-refractivity contribution in [2.75, 3.05) is 0 Å². The van der Waals surface area contributed by atoms with E-state index >= 15 is 0 Å². The van der Waals surface area contributed by atoms with Gasteiger partial charge in [0.1, 0.15) is 11.2 Å². The van der Waals surface area contributed by atoms with Crippen molar-refractivity contribution in [1.82, 2.24) is 24.9 Å². The van der Waals surface area contributed by atoms with E-state index in [4.69, 9.17) is 29.3 Å². The van der Waals surface area contributed by atoms with Crippen molar-refractivity contribution in [3.8, 4) is 56.8 Å². The minimum absolute atomic E-state index is 0.572. The molecule has 0 aliphatic rings. The van der Waals surface area contributed by atoms with Crippen LogP contribution in [0.1, 0.15) is 0 Å². The molecule has 12 aromatic rings. The van der Waals surface area contributed by atoms with Crippen LogP contribution in [-0.2, 0) is 0 Å². The maximum atomic E-state index is 6.51. The highest BCUT2D eigenvalue weighted by molar-refractivity contribution is 7.27. The van der Waals surface area contributed by atoms with Crippen molar-refractivity contribution in [3.63, 3.8) is 0 Å². The zero-order valence-electron chi connectivity index (χ0n) is 30.0. The first kappa shape index (κ1) is 32.1. The van der Waals surface area contributed by atoms with Crippen LogP contribution < -0.4 is 0 Å². The number of furan rings is 1. The summed E-state index contributed by atoms with van der Waals surface area (Å²) in [5.41, 5.74) is 8.12. The Hall–Kier alpha value is -7.13. The van der Waals surface area contributed by atoms with Crippen molar-refractivity contribution >= 4 is 85.1 Å². The van der Waals surface area contributed by atoms with E-state index in [-0.39, 0.29) is 0 Å². The molecule has 0 N–H and O–H groups in total. The van der Waals surface area contributed by atoms with Crippen LogP contribution in [0.5, 0.6) is 0 Å². The molecule has 0 saturated heterocycles. The first-order valence-corrected chi connectivity index (χ1v) is 20.3. The third-order valence-electron chi connectivity index (χ3n) is 10.6. The standard InChI is InChI=1S/C49H27N5OS2/c1-3-13-28(14-4-1)46-52-47(29-15-5-2-6-16-29)54-49(53-46)34-20-12-22-38-41(34)36-27-30(25-26-37(36)55-38)48-50-42-33-18-8-10-24-40(33)57-45(42)43(51-48)35-21-11-19-32-31-17-7-9-23-39(31)56-44(32)35/h1-27H. The quantitative estimate of drug-likeness (QED) is 0.174. The summed E-state index contributed by atoms with van der Waals surface area (Å²) in [7, 11) is 0. The largest absolute Gasteiger partial charge is 0.456 e. The topological polar surface area (TPSA) is 77.6 Å². The van der Waals surface area contributed by atoms with Gasteiger partial charge in [-0.05, 0) is 36.4 Å². The molecule has 0 amide bonds. The van der Waals surface area contributed by atoms with Gasteiger partial charge in [-0.2, -0.15) is 0 Å². The normalized spacial score (nSPS) is 11.9. The maximum Gasteiger partial charge on any atom is 0.164 e. The Morgan fingerprint density at radius 2 is 0.965 bits per heavy atom. The summed E-state index contributed by atoms with van der Waals surface area (Å²) in [4.78, 5) is 25.8. The fraction of sp³-hybridized carbons (Fsp3) is 0. The second-order valence-electron chi connectivity index (χ2n) is 14.0. The lowest BCUT2D eigenvalue weighted by atomic mass is 10.0. The highest BCUT2D eigenvalue weighted by atomic mass is 32.1. The molecule has 0 fully saturated rings. The van der Waals surface area contributed by atoms with Gasteiger partial charge in [-0.1, -0.05) is 127 Å². The van der Waals surface area contributed by atoms with Crippen LogP contribution in [0.25, 0.3) is 119 Å². The van der Waals surface area contributed by atoms with Crippen LogP contribution in [0.3, 0.4) is 0 Å². The Bertz CT molecular complexity index is 3480. The van der Waals surface area contributed by atoms with E-state index in [1.54, 1.807) is 11.3 Å². The molecule has 6 nitrogen and oxygen atoms in total. The molecule has 0 saturated carbocycles. The Balaban J connectivity index is 1.09. The number of fused-ring (bicyclic) bond motifs is 9. The number of hydrogen-bond acceptors (Lipinski definition) is 8. The number of thiophene rings is 2. The molecule has 57 heavy (non-hydrogen) atoms. The van der Waals surface area contributed by atoms with E-state index in [0.717, 1.165) is 71.1 Å². The lowest BCUT2D eigenvalue weighted by Crippen LogP contribution is -2.00. The number of nitrogens with zero attached hydrogens (tertiary/aromatic N) is 5. The fourth-order valence-corrected chi connectivity index (χ4v) is 10.3. The molecule has 0 unspecified atom stereocenters. The molecule has 0 radical (unpaired) electrons. The van der Waals surface area contributed by atoms with Gasteiger partial charge in [0.25, 0.3) is 0 Å². The van der Waals surface area contributed by atoms with Gasteiger partial charge in [0.15, 0.2) is 23.3 Å². The van der Waals surface area contributed by atoms with E-state index in [0.29, 0.717) is 23.3 Å². The summed E-state index contributed by atoms with van der Waals surface area (Å²) >= 11 is 3.57.